The molecule has 38 heavy (non-hydrogen) atoms. The number of carbonyl (C=O) groups is 1. The molecule has 4 N–H and O–H groups in total. The molecule has 1 heterocycles. The molecule has 0 aromatic rings. The largest absolute Gasteiger partial charge is 0.461 e. The van der Waals surface area contributed by atoms with E-state index >= 15 is 0 Å². The number of aliphatic hydroxyl groups excluding tert-OH is 1. The van der Waals surface area contributed by atoms with Gasteiger partial charge >= 0.3 is 5.97 Å². The molecule has 3 spiro atoms. The van der Waals surface area contributed by atoms with E-state index in [1.165, 1.54) is 44.9 Å². The van der Waals surface area contributed by atoms with Crippen LogP contribution in [0.25, 0.3) is 0 Å². The van der Waals surface area contributed by atoms with Crippen LogP contribution in [0.5, 0.6) is 0 Å². The molecule has 13 unspecified atom stereocenters. The van der Waals surface area contributed by atoms with Crippen LogP contribution in [0.2, 0.25) is 0 Å². The van der Waals surface area contributed by atoms with Gasteiger partial charge in [-0.05, 0) is 124 Å². The second kappa shape index (κ2) is 7.98. The topological polar surface area (TPSA) is 102 Å². The molecule has 6 saturated carbocycles. The summed E-state index contributed by atoms with van der Waals surface area (Å²) >= 11 is 0. The van der Waals surface area contributed by atoms with E-state index in [-0.39, 0.29) is 47.6 Å². The number of ether oxygens (including phenoxy) is 2. The Hall–Kier alpha value is -0.690. The SMILES string of the molecule is CC(C)C(N)C(=O)OC1CCC23CC24CCC2(C)C(CC(O)C2C2CCC(C(C)(C)O)O2)C4CCC32CC12. The minimum atomic E-state index is -0.832. The van der Waals surface area contributed by atoms with Gasteiger partial charge in [-0.1, -0.05) is 20.8 Å². The van der Waals surface area contributed by atoms with Crippen molar-refractivity contribution in [2.45, 2.75) is 141 Å². The quantitative estimate of drug-likeness (QED) is 0.451. The number of rotatable bonds is 5. The normalized spacial score (nSPS) is 55.3. The van der Waals surface area contributed by atoms with Gasteiger partial charge in [0.1, 0.15) is 12.1 Å². The van der Waals surface area contributed by atoms with Crippen molar-refractivity contribution in [3.05, 3.63) is 0 Å². The highest BCUT2D eigenvalue weighted by atomic mass is 16.5. The van der Waals surface area contributed by atoms with Gasteiger partial charge in [0.15, 0.2) is 0 Å². The van der Waals surface area contributed by atoms with Gasteiger partial charge in [-0.2, -0.15) is 0 Å². The van der Waals surface area contributed by atoms with Crippen molar-refractivity contribution in [3.8, 4) is 0 Å². The van der Waals surface area contributed by atoms with Crippen molar-refractivity contribution in [1.82, 2.24) is 0 Å². The maximum Gasteiger partial charge on any atom is 0.323 e. The average molecular weight is 530 g/mol. The van der Waals surface area contributed by atoms with Crippen LogP contribution >= 0.6 is 0 Å². The van der Waals surface area contributed by atoms with Gasteiger partial charge in [0.05, 0.1) is 23.9 Å². The maximum atomic E-state index is 12.7. The summed E-state index contributed by atoms with van der Waals surface area (Å²) in [5, 5.41) is 22.1. The average Bonchev–Trinajstić information content (AvgIpc) is 3.64. The Morgan fingerprint density at radius 1 is 1.03 bits per heavy atom. The minimum Gasteiger partial charge on any atom is -0.461 e. The Morgan fingerprint density at radius 2 is 1.79 bits per heavy atom. The minimum absolute atomic E-state index is 0.0573. The molecule has 6 nitrogen and oxygen atoms in total. The summed E-state index contributed by atoms with van der Waals surface area (Å²) in [6.45, 7) is 10.1. The molecule has 7 aliphatic rings. The van der Waals surface area contributed by atoms with Crippen LogP contribution in [-0.4, -0.2) is 52.2 Å². The van der Waals surface area contributed by atoms with Crippen LogP contribution in [-0.2, 0) is 14.3 Å². The summed E-state index contributed by atoms with van der Waals surface area (Å²) in [6, 6.07) is -0.524. The van der Waals surface area contributed by atoms with Crippen LogP contribution in [0.1, 0.15) is 105 Å². The number of hydrogen-bond donors (Lipinski definition) is 3. The van der Waals surface area contributed by atoms with Gasteiger partial charge in [0, 0.05) is 11.8 Å². The van der Waals surface area contributed by atoms with E-state index in [0.717, 1.165) is 25.7 Å². The van der Waals surface area contributed by atoms with Gasteiger partial charge < -0.3 is 25.4 Å². The first-order valence-electron chi connectivity index (χ1n) is 15.8. The molecule has 7 rings (SSSR count). The van der Waals surface area contributed by atoms with Crippen LogP contribution in [0, 0.1) is 51.2 Å². The molecular formula is C32H51NO5. The summed E-state index contributed by atoms with van der Waals surface area (Å²) in [5.74, 6) is 1.87. The predicted octanol–water partition coefficient (Wildman–Crippen LogP) is 4.58. The third-order valence-corrected chi connectivity index (χ3v) is 14.1. The van der Waals surface area contributed by atoms with Gasteiger partial charge in [-0.3, -0.25) is 4.79 Å². The molecule has 1 saturated heterocycles. The molecular weight excluding hydrogens is 478 g/mol. The fourth-order valence-electron chi connectivity index (χ4n) is 12.1. The third-order valence-electron chi connectivity index (χ3n) is 14.1. The van der Waals surface area contributed by atoms with E-state index in [4.69, 9.17) is 15.2 Å². The highest BCUT2D eigenvalue weighted by Crippen LogP contribution is 2.94. The fraction of sp³-hybridized carbons (Fsp3) is 0.969. The lowest BCUT2D eigenvalue weighted by molar-refractivity contribution is -0.159. The molecule has 0 amide bonds. The number of aliphatic hydroxyl groups is 2. The first-order chi connectivity index (χ1) is 17.8. The molecule has 0 radical (unpaired) electrons. The lowest BCUT2D eigenvalue weighted by Gasteiger charge is -2.56. The molecule has 0 aromatic carbocycles. The van der Waals surface area contributed by atoms with E-state index < -0.39 is 11.6 Å². The molecule has 214 valence electrons. The molecule has 1 aliphatic heterocycles. The summed E-state index contributed by atoms with van der Waals surface area (Å²) in [6.07, 6.45) is 12.2. The van der Waals surface area contributed by atoms with Crippen LogP contribution in [0.4, 0.5) is 0 Å². The zero-order valence-electron chi connectivity index (χ0n) is 24.2. The molecule has 7 fully saturated rings. The Balaban J connectivity index is 1.09. The third kappa shape index (κ3) is 3.18. The van der Waals surface area contributed by atoms with Crippen LogP contribution < -0.4 is 5.73 Å². The zero-order valence-corrected chi connectivity index (χ0v) is 24.2. The van der Waals surface area contributed by atoms with E-state index in [9.17, 15) is 15.0 Å². The van der Waals surface area contributed by atoms with Gasteiger partial charge in [-0.25, -0.2) is 0 Å². The summed E-state index contributed by atoms with van der Waals surface area (Å²) in [4.78, 5) is 12.7. The summed E-state index contributed by atoms with van der Waals surface area (Å²) in [5.41, 5.74) is 6.68. The van der Waals surface area contributed by atoms with Crippen molar-refractivity contribution < 1.29 is 24.5 Å². The highest BCUT2D eigenvalue weighted by molar-refractivity contribution is 5.76. The van der Waals surface area contributed by atoms with Crippen molar-refractivity contribution >= 4 is 5.97 Å². The van der Waals surface area contributed by atoms with Crippen molar-refractivity contribution in [2.24, 2.45) is 57.0 Å². The Kier molecular flexibility index (Phi) is 5.51. The van der Waals surface area contributed by atoms with Gasteiger partial charge in [0.2, 0.25) is 0 Å². The zero-order chi connectivity index (χ0) is 27.0. The van der Waals surface area contributed by atoms with E-state index in [1.807, 2.05) is 27.7 Å². The predicted molar refractivity (Wildman–Crippen MR) is 144 cm³/mol. The monoisotopic (exact) mass is 529 g/mol. The summed E-state index contributed by atoms with van der Waals surface area (Å²) < 4.78 is 12.6. The van der Waals surface area contributed by atoms with Gasteiger partial charge in [-0.15, -0.1) is 0 Å². The maximum absolute atomic E-state index is 12.7. The number of nitrogens with two attached hydrogens (primary N) is 1. The van der Waals surface area contributed by atoms with E-state index in [1.54, 1.807) is 0 Å². The second-order valence-electron chi connectivity index (χ2n) is 16.1. The number of hydrogen-bond acceptors (Lipinski definition) is 6. The highest BCUT2D eigenvalue weighted by Gasteiger charge is 2.88. The Morgan fingerprint density at radius 3 is 2.47 bits per heavy atom. The molecule has 6 heteroatoms. The molecule has 6 aliphatic carbocycles. The van der Waals surface area contributed by atoms with E-state index in [2.05, 4.69) is 6.92 Å². The number of fused-ring (bicyclic) bond motifs is 2. The van der Waals surface area contributed by atoms with Crippen molar-refractivity contribution in [2.75, 3.05) is 0 Å². The standard InChI is InChI=1S/C32H51NO5/c1-17(2)26(33)27(35)38-22-9-11-32-16-31(32)13-12-29(5)19(18(31)8-10-30(32)15-20(22)30)14-21(34)25(29)23-6-7-24(37-23)28(3,4)36/h17-26,34,36H,6-16,33H2,1-5H3. The first kappa shape index (κ1) is 26.2. The van der Waals surface area contributed by atoms with Crippen molar-refractivity contribution in [3.63, 3.8) is 0 Å². The van der Waals surface area contributed by atoms with Crippen molar-refractivity contribution in [1.29, 1.82) is 0 Å². The lowest BCUT2D eigenvalue weighted by atomic mass is 9.48. The smallest absolute Gasteiger partial charge is 0.323 e. The molecule has 0 aromatic heterocycles. The second-order valence-corrected chi connectivity index (χ2v) is 16.1. The van der Waals surface area contributed by atoms with E-state index in [0.29, 0.717) is 34.0 Å². The molecule has 0 bridgehead atoms. The lowest BCUT2D eigenvalue weighted by Crippen LogP contribution is -2.51. The summed E-state index contributed by atoms with van der Waals surface area (Å²) in [7, 11) is 0. The van der Waals surface area contributed by atoms with Gasteiger partial charge in [0.25, 0.3) is 0 Å². The number of esters is 1. The molecule has 13 atom stereocenters. The Labute approximate surface area is 228 Å². The van der Waals surface area contributed by atoms with Crippen LogP contribution in [0.3, 0.4) is 0 Å². The Bertz CT molecular complexity index is 1010. The first-order valence-corrected chi connectivity index (χ1v) is 15.8. The fourth-order valence-corrected chi connectivity index (χ4v) is 12.1. The number of carbonyl (C=O) groups excluding carboxylic acids is 1. The van der Waals surface area contributed by atoms with Crippen LogP contribution in [0.15, 0.2) is 0 Å².